The van der Waals surface area contributed by atoms with Gasteiger partial charge in [-0.15, -0.1) is 0 Å². The lowest BCUT2D eigenvalue weighted by atomic mass is 9.89. The van der Waals surface area contributed by atoms with E-state index in [1.807, 2.05) is 0 Å². The second kappa shape index (κ2) is 6.33. The molecule has 0 aromatic carbocycles. The van der Waals surface area contributed by atoms with E-state index in [9.17, 15) is 4.79 Å². The SMILES string of the molecule is CC(=O)Nc1cnc(NCC2CCCCC2)nc1. The molecule has 1 aliphatic carbocycles. The highest BCUT2D eigenvalue weighted by Crippen LogP contribution is 2.23. The monoisotopic (exact) mass is 248 g/mol. The first-order valence-corrected chi connectivity index (χ1v) is 6.57. The summed E-state index contributed by atoms with van der Waals surface area (Å²) in [6.07, 6.45) is 9.91. The van der Waals surface area contributed by atoms with Crippen LogP contribution in [0.1, 0.15) is 39.0 Å². The fourth-order valence-electron chi connectivity index (χ4n) is 2.31. The molecule has 0 aliphatic heterocycles. The van der Waals surface area contributed by atoms with Crippen molar-refractivity contribution in [1.29, 1.82) is 0 Å². The van der Waals surface area contributed by atoms with Crippen molar-refractivity contribution in [2.45, 2.75) is 39.0 Å². The molecular weight excluding hydrogens is 228 g/mol. The molecule has 1 heterocycles. The third-order valence-corrected chi connectivity index (χ3v) is 3.25. The highest BCUT2D eigenvalue weighted by Gasteiger charge is 2.13. The van der Waals surface area contributed by atoms with Crippen LogP contribution in [-0.2, 0) is 4.79 Å². The summed E-state index contributed by atoms with van der Waals surface area (Å²) >= 11 is 0. The summed E-state index contributed by atoms with van der Waals surface area (Å²) in [5.41, 5.74) is 0.630. The van der Waals surface area contributed by atoms with Gasteiger partial charge in [-0.3, -0.25) is 4.79 Å². The van der Waals surface area contributed by atoms with Crippen LogP contribution in [0.3, 0.4) is 0 Å². The first-order valence-electron chi connectivity index (χ1n) is 6.57. The third kappa shape index (κ3) is 3.98. The van der Waals surface area contributed by atoms with E-state index >= 15 is 0 Å². The van der Waals surface area contributed by atoms with Crippen molar-refractivity contribution in [3.05, 3.63) is 12.4 Å². The Morgan fingerprint density at radius 3 is 2.56 bits per heavy atom. The van der Waals surface area contributed by atoms with Gasteiger partial charge in [-0.05, 0) is 18.8 Å². The summed E-state index contributed by atoms with van der Waals surface area (Å²) in [7, 11) is 0. The summed E-state index contributed by atoms with van der Waals surface area (Å²) in [4.78, 5) is 19.2. The molecular formula is C13H20N4O. The van der Waals surface area contributed by atoms with Crippen molar-refractivity contribution in [1.82, 2.24) is 9.97 Å². The van der Waals surface area contributed by atoms with Crippen molar-refractivity contribution >= 4 is 17.5 Å². The molecule has 0 bridgehead atoms. The summed E-state index contributed by atoms with van der Waals surface area (Å²) in [6, 6.07) is 0. The van der Waals surface area contributed by atoms with E-state index in [4.69, 9.17) is 0 Å². The standard InChI is InChI=1S/C13H20N4O/c1-10(18)17-12-8-15-13(16-9-12)14-7-11-5-3-2-4-6-11/h8-9,11H,2-7H2,1H3,(H,17,18)(H,14,15,16). The molecule has 18 heavy (non-hydrogen) atoms. The Bertz CT molecular complexity index is 384. The number of carbonyl (C=O) groups is 1. The third-order valence-electron chi connectivity index (χ3n) is 3.25. The van der Waals surface area contributed by atoms with E-state index < -0.39 is 0 Å². The zero-order valence-electron chi connectivity index (χ0n) is 10.8. The minimum Gasteiger partial charge on any atom is -0.354 e. The van der Waals surface area contributed by atoms with Crippen LogP contribution in [0.15, 0.2) is 12.4 Å². The zero-order chi connectivity index (χ0) is 12.8. The second-order valence-electron chi connectivity index (χ2n) is 4.86. The molecule has 1 amide bonds. The zero-order valence-corrected chi connectivity index (χ0v) is 10.8. The molecule has 5 nitrogen and oxygen atoms in total. The molecule has 1 aromatic rings. The van der Waals surface area contributed by atoms with Gasteiger partial charge in [0.1, 0.15) is 0 Å². The number of hydrogen-bond acceptors (Lipinski definition) is 4. The van der Waals surface area contributed by atoms with Crippen molar-refractivity contribution in [3.63, 3.8) is 0 Å². The van der Waals surface area contributed by atoms with Crippen LogP contribution >= 0.6 is 0 Å². The Labute approximate surface area is 107 Å². The van der Waals surface area contributed by atoms with Crippen LogP contribution in [0.25, 0.3) is 0 Å². The molecule has 0 spiro atoms. The fraction of sp³-hybridized carbons (Fsp3) is 0.615. The van der Waals surface area contributed by atoms with Crippen LogP contribution < -0.4 is 10.6 Å². The van der Waals surface area contributed by atoms with Gasteiger partial charge in [0.2, 0.25) is 11.9 Å². The maximum Gasteiger partial charge on any atom is 0.222 e. The first-order chi connectivity index (χ1) is 8.74. The Kier molecular flexibility index (Phi) is 4.50. The van der Waals surface area contributed by atoms with Gasteiger partial charge in [0.15, 0.2) is 0 Å². The van der Waals surface area contributed by atoms with E-state index in [0.29, 0.717) is 11.6 Å². The van der Waals surface area contributed by atoms with E-state index in [-0.39, 0.29) is 5.91 Å². The molecule has 1 aliphatic rings. The van der Waals surface area contributed by atoms with Crippen molar-refractivity contribution < 1.29 is 4.79 Å². The van der Waals surface area contributed by atoms with Crippen LogP contribution in [0.5, 0.6) is 0 Å². The van der Waals surface area contributed by atoms with Gasteiger partial charge in [0.25, 0.3) is 0 Å². The fourth-order valence-corrected chi connectivity index (χ4v) is 2.31. The van der Waals surface area contributed by atoms with Gasteiger partial charge in [0, 0.05) is 13.5 Å². The molecule has 0 radical (unpaired) electrons. The normalized spacial score (nSPS) is 16.3. The van der Waals surface area contributed by atoms with Gasteiger partial charge in [-0.25, -0.2) is 9.97 Å². The van der Waals surface area contributed by atoms with Crippen LogP contribution in [0.4, 0.5) is 11.6 Å². The minimum atomic E-state index is -0.110. The van der Waals surface area contributed by atoms with Crippen LogP contribution in [0, 0.1) is 5.92 Å². The molecule has 1 fully saturated rings. The van der Waals surface area contributed by atoms with E-state index in [2.05, 4.69) is 20.6 Å². The van der Waals surface area contributed by atoms with Gasteiger partial charge in [-0.2, -0.15) is 0 Å². The molecule has 98 valence electrons. The molecule has 2 rings (SSSR count). The van der Waals surface area contributed by atoms with Gasteiger partial charge in [0.05, 0.1) is 18.1 Å². The predicted octanol–water partition coefficient (Wildman–Crippen LogP) is 2.43. The molecule has 1 saturated carbocycles. The summed E-state index contributed by atoms with van der Waals surface area (Å²) in [6.45, 7) is 2.41. The molecule has 1 aromatic heterocycles. The smallest absolute Gasteiger partial charge is 0.222 e. The van der Waals surface area contributed by atoms with E-state index in [1.54, 1.807) is 12.4 Å². The lowest BCUT2D eigenvalue weighted by Gasteiger charge is -2.21. The van der Waals surface area contributed by atoms with Gasteiger partial charge in [-0.1, -0.05) is 19.3 Å². The average molecular weight is 248 g/mol. The number of nitrogens with one attached hydrogen (secondary N) is 2. The largest absolute Gasteiger partial charge is 0.354 e. The predicted molar refractivity (Wildman–Crippen MR) is 71.4 cm³/mol. The quantitative estimate of drug-likeness (QED) is 0.858. The Morgan fingerprint density at radius 2 is 1.94 bits per heavy atom. The van der Waals surface area contributed by atoms with Gasteiger partial charge >= 0.3 is 0 Å². The maximum absolute atomic E-state index is 10.8. The minimum absolute atomic E-state index is 0.110. The van der Waals surface area contributed by atoms with Gasteiger partial charge < -0.3 is 10.6 Å². The number of nitrogens with zero attached hydrogens (tertiary/aromatic N) is 2. The number of amides is 1. The number of hydrogen-bond donors (Lipinski definition) is 2. The number of aromatic nitrogens is 2. The van der Waals surface area contributed by atoms with Crippen molar-refractivity contribution in [2.24, 2.45) is 5.92 Å². The molecule has 0 saturated heterocycles. The average Bonchev–Trinajstić information content (AvgIpc) is 2.38. The highest BCUT2D eigenvalue weighted by molar-refractivity contribution is 5.88. The molecule has 5 heteroatoms. The number of anilines is 2. The second-order valence-corrected chi connectivity index (χ2v) is 4.86. The Morgan fingerprint density at radius 1 is 1.28 bits per heavy atom. The summed E-state index contributed by atoms with van der Waals surface area (Å²) < 4.78 is 0. The van der Waals surface area contributed by atoms with Crippen LogP contribution in [-0.4, -0.2) is 22.4 Å². The van der Waals surface area contributed by atoms with Crippen molar-refractivity contribution in [3.8, 4) is 0 Å². The van der Waals surface area contributed by atoms with Crippen molar-refractivity contribution in [2.75, 3.05) is 17.2 Å². The topological polar surface area (TPSA) is 66.9 Å². The molecule has 0 unspecified atom stereocenters. The first kappa shape index (κ1) is 12.8. The lowest BCUT2D eigenvalue weighted by Crippen LogP contribution is -2.18. The Hall–Kier alpha value is -1.65. The number of rotatable bonds is 4. The maximum atomic E-state index is 10.8. The highest BCUT2D eigenvalue weighted by atomic mass is 16.1. The molecule has 2 N–H and O–H groups in total. The summed E-state index contributed by atoms with van der Waals surface area (Å²) in [5.74, 6) is 1.27. The van der Waals surface area contributed by atoms with E-state index in [0.717, 1.165) is 12.5 Å². The molecule has 0 atom stereocenters. The van der Waals surface area contributed by atoms with Crippen LogP contribution in [0.2, 0.25) is 0 Å². The summed E-state index contributed by atoms with van der Waals surface area (Å²) in [5, 5.41) is 5.91. The lowest BCUT2D eigenvalue weighted by molar-refractivity contribution is -0.114. The van der Waals surface area contributed by atoms with E-state index in [1.165, 1.54) is 39.0 Å². The Balaban J connectivity index is 1.80. The number of carbonyl (C=O) groups excluding carboxylic acids is 1.